The maximum absolute atomic E-state index is 12.4. The van der Waals surface area contributed by atoms with Crippen LogP contribution in [0.1, 0.15) is 25.6 Å². The summed E-state index contributed by atoms with van der Waals surface area (Å²) in [5.74, 6) is -1.16. The van der Waals surface area contributed by atoms with Gasteiger partial charge < -0.3 is 20.6 Å². The molecule has 4 rings (SSSR count). The molecule has 0 atom stereocenters. The van der Waals surface area contributed by atoms with Crippen molar-refractivity contribution >= 4 is 46.3 Å². The predicted molar refractivity (Wildman–Crippen MR) is 132 cm³/mol. The molecule has 0 saturated carbocycles. The Morgan fingerprint density at radius 3 is 2.41 bits per heavy atom. The molecular formula is C24H25N5O4S. The fourth-order valence-electron chi connectivity index (χ4n) is 3.69. The third-order valence-corrected chi connectivity index (χ3v) is 6.34. The summed E-state index contributed by atoms with van der Waals surface area (Å²) >= 11 is 1.30. The normalized spacial score (nSPS) is 14.0. The van der Waals surface area contributed by atoms with Crippen molar-refractivity contribution in [1.82, 2.24) is 9.88 Å². The molecule has 1 saturated heterocycles. The van der Waals surface area contributed by atoms with Crippen LogP contribution in [0, 0.1) is 6.92 Å². The lowest BCUT2D eigenvalue weighted by Crippen LogP contribution is -2.49. The zero-order valence-corrected chi connectivity index (χ0v) is 19.5. The number of aromatic nitrogens is 1. The monoisotopic (exact) mass is 479 g/mol. The Hall–Kier alpha value is -3.76. The first-order valence-corrected chi connectivity index (χ1v) is 11.7. The van der Waals surface area contributed by atoms with E-state index < -0.39 is 5.97 Å². The second-order valence-corrected chi connectivity index (χ2v) is 8.96. The topological polar surface area (TPSA) is 115 Å². The quantitative estimate of drug-likeness (QED) is 0.477. The van der Waals surface area contributed by atoms with Crippen LogP contribution in [0.15, 0.2) is 54.0 Å². The van der Waals surface area contributed by atoms with Crippen LogP contribution in [0.3, 0.4) is 0 Å². The van der Waals surface area contributed by atoms with Gasteiger partial charge in [-0.3, -0.25) is 14.5 Å². The molecule has 0 aliphatic carbocycles. The molecule has 10 heteroatoms. The maximum atomic E-state index is 12.4. The minimum absolute atomic E-state index is 0.0227. The van der Waals surface area contributed by atoms with Crippen molar-refractivity contribution in [3.8, 4) is 0 Å². The summed E-state index contributed by atoms with van der Waals surface area (Å²) in [7, 11) is 0. The number of hydrogen-bond acceptors (Lipinski definition) is 7. The number of nitrogens with one attached hydrogen (secondary N) is 2. The van der Waals surface area contributed by atoms with Crippen molar-refractivity contribution in [3.05, 3.63) is 70.0 Å². The molecule has 3 aromatic rings. The van der Waals surface area contributed by atoms with Crippen LogP contribution in [0.25, 0.3) is 0 Å². The van der Waals surface area contributed by atoms with Crippen LogP contribution in [-0.2, 0) is 4.79 Å². The number of anilines is 3. The van der Waals surface area contributed by atoms with Crippen molar-refractivity contribution in [2.24, 2.45) is 0 Å². The van der Waals surface area contributed by atoms with Crippen molar-refractivity contribution < 1.29 is 19.5 Å². The average molecular weight is 480 g/mol. The van der Waals surface area contributed by atoms with Gasteiger partial charge >= 0.3 is 5.97 Å². The zero-order valence-electron chi connectivity index (χ0n) is 18.7. The molecule has 2 aromatic heterocycles. The van der Waals surface area contributed by atoms with E-state index in [-0.39, 0.29) is 23.9 Å². The zero-order chi connectivity index (χ0) is 24.1. The Labute approximate surface area is 201 Å². The van der Waals surface area contributed by atoms with Crippen LogP contribution >= 0.6 is 11.3 Å². The van der Waals surface area contributed by atoms with E-state index in [1.54, 1.807) is 17.5 Å². The third-order valence-electron chi connectivity index (χ3n) is 5.47. The van der Waals surface area contributed by atoms with E-state index >= 15 is 0 Å². The minimum Gasteiger partial charge on any atom is -0.478 e. The number of carbonyl (C=O) groups is 3. The van der Waals surface area contributed by atoms with Crippen molar-refractivity contribution in [2.75, 3.05) is 48.3 Å². The highest BCUT2D eigenvalue weighted by atomic mass is 32.1. The molecule has 1 aliphatic rings. The molecule has 0 spiro atoms. The molecule has 9 nitrogen and oxygen atoms in total. The smallest absolute Gasteiger partial charge is 0.339 e. The summed E-state index contributed by atoms with van der Waals surface area (Å²) in [4.78, 5) is 45.3. The fourth-order valence-corrected chi connectivity index (χ4v) is 4.31. The van der Waals surface area contributed by atoms with Gasteiger partial charge in [-0.2, -0.15) is 0 Å². The molecule has 3 N–H and O–H groups in total. The van der Waals surface area contributed by atoms with E-state index in [0.717, 1.165) is 11.3 Å². The number of aromatic carboxylic acids is 1. The van der Waals surface area contributed by atoms with Gasteiger partial charge in [0.1, 0.15) is 11.4 Å². The van der Waals surface area contributed by atoms with Gasteiger partial charge in [0.25, 0.3) is 5.91 Å². The van der Waals surface area contributed by atoms with Crippen LogP contribution < -0.4 is 15.5 Å². The average Bonchev–Trinajstić information content (AvgIpc) is 3.36. The number of rotatable bonds is 7. The van der Waals surface area contributed by atoms with Gasteiger partial charge in [-0.1, -0.05) is 23.8 Å². The number of carbonyl (C=O) groups excluding carboxylic acids is 2. The van der Waals surface area contributed by atoms with Crippen LogP contribution in [0.5, 0.6) is 0 Å². The maximum Gasteiger partial charge on any atom is 0.339 e. The highest BCUT2D eigenvalue weighted by molar-refractivity contribution is 7.12. The Morgan fingerprint density at radius 2 is 1.76 bits per heavy atom. The Bertz CT molecular complexity index is 1170. The highest BCUT2D eigenvalue weighted by Gasteiger charge is 2.24. The second kappa shape index (κ2) is 10.4. The van der Waals surface area contributed by atoms with Crippen molar-refractivity contribution in [3.63, 3.8) is 0 Å². The largest absolute Gasteiger partial charge is 0.478 e. The summed E-state index contributed by atoms with van der Waals surface area (Å²) < 4.78 is 0. The number of amides is 2. The Kier molecular flexibility index (Phi) is 7.19. The van der Waals surface area contributed by atoms with Crippen LogP contribution in [-0.4, -0.2) is 65.5 Å². The number of aryl methyl sites for hydroxylation is 1. The first-order valence-electron chi connectivity index (χ1n) is 10.8. The number of carboxylic acids is 1. The first kappa shape index (κ1) is 23.4. The number of thiophene rings is 1. The Morgan fingerprint density at radius 1 is 1.03 bits per heavy atom. The van der Waals surface area contributed by atoms with Crippen LogP contribution in [0.4, 0.5) is 17.2 Å². The third kappa shape index (κ3) is 5.77. The number of nitrogens with zero attached hydrogens (tertiary/aromatic N) is 3. The number of carboxylic acid groups (broad SMARTS) is 1. The predicted octanol–water partition coefficient (Wildman–Crippen LogP) is 3.16. The van der Waals surface area contributed by atoms with Gasteiger partial charge in [-0.05, 0) is 36.6 Å². The number of benzene rings is 1. The summed E-state index contributed by atoms with van der Waals surface area (Å²) in [6.07, 6.45) is 1.47. The van der Waals surface area contributed by atoms with E-state index in [1.807, 2.05) is 41.0 Å². The molecule has 0 radical (unpaired) electrons. The summed E-state index contributed by atoms with van der Waals surface area (Å²) in [5, 5.41) is 17.1. The van der Waals surface area contributed by atoms with Crippen LogP contribution in [0.2, 0.25) is 0 Å². The first-order chi connectivity index (χ1) is 16.4. The van der Waals surface area contributed by atoms with Gasteiger partial charge in [-0.15, -0.1) is 11.3 Å². The molecule has 1 fully saturated rings. The van der Waals surface area contributed by atoms with E-state index in [2.05, 4.69) is 15.6 Å². The van der Waals surface area contributed by atoms with Gasteiger partial charge in [0.05, 0.1) is 23.3 Å². The number of hydrogen-bond donors (Lipinski definition) is 3. The van der Waals surface area contributed by atoms with Gasteiger partial charge in [0.15, 0.2) is 0 Å². The fraction of sp³-hybridized carbons (Fsp3) is 0.250. The molecule has 1 aromatic carbocycles. The lowest BCUT2D eigenvalue weighted by atomic mass is 10.2. The summed E-state index contributed by atoms with van der Waals surface area (Å²) in [6.45, 7) is 4.51. The lowest BCUT2D eigenvalue weighted by Gasteiger charge is -2.35. The second-order valence-electron chi connectivity index (χ2n) is 8.01. The van der Waals surface area contributed by atoms with Crippen molar-refractivity contribution in [2.45, 2.75) is 6.92 Å². The molecule has 0 bridgehead atoms. The number of pyridine rings is 1. The molecule has 176 valence electrons. The molecule has 3 heterocycles. The standard InChI is InChI=1S/C24H25N5O4S/c1-16-4-6-17(7-5-16)26-21(30)15-28-8-10-29(11-9-28)22-19(24(32)33)13-18(14-25-22)27-23(31)20-3-2-12-34-20/h2-7,12-14H,8-11,15H2,1H3,(H,26,30)(H,27,31)(H,32,33). The summed E-state index contributed by atoms with van der Waals surface area (Å²) in [5.41, 5.74) is 2.23. The minimum atomic E-state index is -1.12. The van der Waals surface area contributed by atoms with E-state index in [0.29, 0.717) is 42.6 Å². The van der Waals surface area contributed by atoms with E-state index in [1.165, 1.54) is 23.6 Å². The van der Waals surface area contributed by atoms with Crippen molar-refractivity contribution in [1.29, 1.82) is 0 Å². The number of piperazine rings is 1. The van der Waals surface area contributed by atoms with Gasteiger partial charge in [-0.25, -0.2) is 9.78 Å². The van der Waals surface area contributed by atoms with E-state index in [9.17, 15) is 19.5 Å². The molecule has 1 aliphatic heterocycles. The SMILES string of the molecule is Cc1ccc(NC(=O)CN2CCN(c3ncc(NC(=O)c4cccs4)cc3C(=O)O)CC2)cc1. The Balaban J connectivity index is 1.35. The summed E-state index contributed by atoms with van der Waals surface area (Å²) in [6, 6.07) is 12.5. The lowest BCUT2D eigenvalue weighted by molar-refractivity contribution is -0.117. The van der Waals surface area contributed by atoms with Gasteiger partial charge in [0, 0.05) is 31.9 Å². The molecular weight excluding hydrogens is 454 g/mol. The molecule has 34 heavy (non-hydrogen) atoms. The molecule has 2 amide bonds. The molecule has 0 unspecified atom stereocenters. The van der Waals surface area contributed by atoms with E-state index in [4.69, 9.17) is 0 Å². The van der Waals surface area contributed by atoms with Gasteiger partial charge in [0.2, 0.25) is 5.91 Å². The highest BCUT2D eigenvalue weighted by Crippen LogP contribution is 2.23.